The Balaban J connectivity index is 3.12. The van der Waals surface area contributed by atoms with Crippen molar-refractivity contribution in [2.45, 2.75) is 6.42 Å². The monoisotopic (exact) mass is 250 g/mol. The third-order valence-electron chi connectivity index (χ3n) is 2.20. The second-order valence-corrected chi connectivity index (χ2v) is 4.00. The van der Waals surface area contributed by atoms with E-state index in [0.29, 0.717) is 11.1 Å². The molecule has 0 fully saturated rings. The van der Waals surface area contributed by atoms with E-state index in [4.69, 9.17) is 5.11 Å². The van der Waals surface area contributed by atoms with Crippen molar-refractivity contribution in [1.82, 2.24) is 4.90 Å². The molecule has 0 unspecified atom stereocenters. The highest BCUT2D eigenvalue weighted by Crippen LogP contribution is 2.22. The highest BCUT2D eigenvalue weighted by Gasteiger charge is 2.13. The Morgan fingerprint density at radius 1 is 1.50 bits per heavy atom. The predicted molar refractivity (Wildman–Crippen MR) is 67.2 cm³/mol. The number of benzene rings is 1. The molecule has 0 spiro atoms. The van der Waals surface area contributed by atoms with Gasteiger partial charge in [0, 0.05) is 20.2 Å². The Bertz CT molecular complexity index is 495. The quantitative estimate of drug-likeness (QED) is 0.635. The van der Waals surface area contributed by atoms with E-state index in [-0.39, 0.29) is 12.1 Å². The van der Waals surface area contributed by atoms with E-state index in [9.17, 15) is 14.9 Å². The molecule has 1 aromatic carbocycles. The van der Waals surface area contributed by atoms with Crippen LogP contribution in [0.15, 0.2) is 24.4 Å². The van der Waals surface area contributed by atoms with Crippen LogP contribution >= 0.6 is 0 Å². The molecule has 96 valence electrons. The topological polar surface area (TPSA) is 83.7 Å². The zero-order chi connectivity index (χ0) is 13.7. The normalized spacial score (nSPS) is 10.6. The first kappa shape index (κ1) is 13.7. The molecular formula is C12H14N2O4. The van der Waals surface area contributed by atoms with Gasteiger partial charge >= 0.3 is 5.97 Å². The molecule has 1 aromatic rings. The van der Waals surface area contributed by atoms with Crippen LogP contribution in [0.4, 0.5) is 5.69 Å². The molecule has 18 heavy (non-hydrogen) atoms. The van der Waals surface area contributed by atoms with Gasteiger partial charge in [0.25, 0.3) is 5.69 Å². The summed E-state index contributed by atoms with van der Waals surface area (Å²) >= 11 is 0. The number of carbonyl (C=O) groups is 1. The zero-order valence-corrected chi connectivity index (χ0v) is 10.2. The number of carboxylic acid groups (broad SMARTS) is 1. The Morgan fingerprint density at radius 2 is 2.17 bits per heavy atom. The molecule has 0 saturated carbocycles. The van der Waals surface area contributed by atoms with Gasteiger partial charge < -0.3 is 10.0 Å². The first-order valence-corrected chi connectivity index (χ1v) is 5.24. The van der Waals surface area contributed by atoms with E-state index in [1.54, 1.807) is 43.4 Å². The largest absolute Gasteiger partial charge is 0.481 e. The fourth-order valence-electron chi connectivity index (χ4n) is 1.40. The molecule has 6 heteroatoms. The van der Waals surface area contributed by atoms with Gasteiger partial charge in [-0.3, -0.25) is 14.9 Å². The first-order valence-electron chi connectivity index (χ1n) is 5.24. The summed E-state index contributed by atoms with van der Waals surface area (Å²) in [5, 5.41) is 19.6. The summed E-state index contributed by atoms with van der Waals surface area (Å²) in [5.41, 5.74) is 0.769. The minimum atomic E-state index is -1.01. The number of nitro groups is 1. The van der Waals surface area contributed by atoms with E-state index in [0.717, 1.165) is 0 Å². The van der Waals surface area contributed by atoms with Crippen molar-refractivity contribution in [3.63, 3.8) is 0 Å². The average molecular weight is 250 g/mol. The fraction of sp³-hybridized carbons (Fsp3) is 0.250. The summed E-state index contributed by atoms with van der Waals surface area (Å²) in [6.07, 6.45) is 3.08. The maximum atomic E-state index is 10.9. The van der Waals surface area contributed by atoms with Crippen molar-refractivity contribution in [1.29, 1.82) is 0 Å². The van der Waals surface area contributed by atoms with Gasteiger partial charge in [0.2, 0.25) is 0 Å². The number of nitro benzene ring substituents is 1. The highest BCUT2D eigenvalue weighted by atomic mass is 16.6. The summed E-state index contributed by atoms with van der Waals surface area (Å²) in [5.74, 6) is -1.01. The number of aliphatic carboxylic acids is 1. The van der Waals surface area contributed by atoms with Crippen molar-refractivity contribution in [2.24, 2.45) is 0 Å². The van der Waals surface area contributed by atoms with E-state index in [1.165, 1.54) is 6.07 Å². The molecule has 1 rings (SSSR count). The Labute approximate surface area is 104 Å². The van der Waals surface area contributed by atoms with Gasteiger partial charge in [-0.15, -0.1) is 0 Å². The van der Waals surface area contributed by atoms with E-state index < -0.39 is 10.9 Å². The van der Waals surface area contributed by atoms with Crippen LogP contribution in [0.1, 0.15) is 11.1 Å². The van der Waals surface area contributed by atoms with Crippen molar-refractivity contribution in [3.8, 4) is 0 Å². The standard InChI is InChI=1S/C12H14N2O4/c1-13(2)6-5-10-4-3-9(8-12(15)16)7-11(10)14(17)18/h3-7H,8H2,1-2H3,(H,15,16)/b6-5+. The summed E-state index contributed by atoms with van der Waals surface area (Å²) in [4.78, 5) is 22.7. The number of hydrogen-bond donors (Lipinski definition) is 1. The number of nitrogens with zero attached hydrogens (tertiary/aromatic N) is 2. The van der Waals surface area contributed by atoms with Gasteiger partial charge in [0.15, 0.2) is 0 Å². The molecule has 0 atom stereocenters. The third kappa shape index (κ3) is 3.89. The maximum Gasteiger partial charge on any atom is 0.307 e. The molecule has 0 aliphatic carbocycles. The van der Waals surface area contributed by atoms with Gasteiger partial charge in [-0.25, -0.2) is 0 Å². The fourth-order valence-corrected chi connectivity index (χ4v) is 1.40. The number of carboxylic acids is 1. The molecule has 0 saturated heterocycles. The molecule has 0 aromatic heterocycles. The maximum absolute atomic E-state index is 10.9. The molecule has 0 bridgehead atoms. The summed E-state index contributed by atoms with van der Waals surface area (Å²) in [7, 11) is 3.61. The van der Waals surface area contributed by atoms with E-state index in [1.807, 2.05) is 0 Å². The molecular weight excluding hydrogens is 236 g/mol. The molecule has 0 heterocycles. The molecule has 1 N–H and O–H groups in total. The van der Waals surface area contributed by atoms with Gasteiger partial charge in [-0.2, -0.15) is 0 Å². The zero-order valence-electron chi connectivity index (χ0n) is 10.2. The molecule has 0 aliphatic rings. The van der Waals surface area contributed by atoms with Crippen LogP contribution in [-0.4, -0.2) is 35.0 Å². The lowest BCUT2D eigenvalue weighted by atomic mass is 10.1. The summed E-state index contributed by atoms with van der Waals surface area (Å²) in [6, 6.07) is 4.43. The SMILES string of the molecule is CN(C)/C=C/c1ccc(CC(=O)O)cc1[N+](=O)[O-]. The summed E-state index contributed by atoms with van der Waals surface area (Å²) < 4.78 is 0. The van der Waals surface area contributed by atoms with Crippen molar-refractivity contribution in [3.05, 3.63) is 45.6 Å². The lowest BCUT2D eigenvalue weighted by Gasteiger charge is -2.04. The highest BCUT2D eigenvalue weighted by molar-refractivity contribution is 5.71. The van der Waals surface area contributed by atoms with Crippen LogP contribution in [0, 0.1) is 10.1 Å². The minimum absolute atomic E-state index is 0.0909. The first-order chi connectivity index (χ1) is 8.40. The van der Waals surface area contributed by atoms with Crippen molar-refractivity contribution >= 4 is 17.7 Å². The second-order valence-electron chi connectivity index (χ2n) is 4.00. The smallest absolute Gasteiger partial charge is 0.307 e. The van der Waals surface area contributed by atoms with Gasteiger partial charge in [-0.05, 0) is 23.9 Å². The lowest BCUT2D eigenvalue weighted by Crippen LogP contribution is -2.02. The van der Waals surface area contributed by atoms with E-state index >= 15 is 0 Å². The molecule has 0 radical (unpaired) electrons. The van der Waals surface area contributed by atoms with Crippen LogP contribution in [0.5, 0.6) is 0 Å². The number of hydrogen-bond acceptors (Lipinski definition) is 4. The van der Waals surface area contributed by atoms with Crippen LogP contribution in [0.3, 0.4) is 0 Å². The van der Waals surface area contributed by atoms with Crippen molar-refractivity contribution < 1.29 is 14.8 Å². The molecule has 0 aliphatic heterocycles. The van der Waals surface area contributed by atoms with Gasteiger partial charge in [-0.1, -0.05) is 6.07 Å². The predicted octanol–water partition coefficient (Wildman–Crippen LogP) is 1.75. The van der Waals surface area contributed by atoms with Crippen LogP contribution < -0.4 is 0 Å². The average Bonchev–Trinajstić information content (AvgIpc) is 2.26. The van der Waals surface area contributed by atoms with Crippen LogP contribution in [0.25, 0.3) is 6.08 Å². The number of rotatable bonds is 5. The Morgan fingerprint density at radius 3 is 2.67 bits per heavy atom. The lowest BCUT2D eigenvalue weighted by molar-refractivity contribution is -0.385. The Kier molecular flexibility index (Phi) is 4.42. The third-order valence-corrected chi connectivity index (χ3v) is 2.20. The minimum Gasteiger partial charge on any atom is -0.481 e. The molecule has 6 nitrogen and oxygen atoms in total. The Hall–Kier alpha value is -2.37. The van der Waals surface area contributed by atoms with E-state index in [2.05, 4.69) is 0 Å². The van der Waals surface area contributed by atoms with Crippen molar-refractivity contribution in [2.75, 3.05) is 14.1 Å². The van der Waals surface area contributed by atoms with Crippen LogP contribution in [-0.2, 0) is 11.2 Å². The van der Waals surface area contributed by atoms with Gasteiger partial charge in [0.05, 0.1) is 16.9 Å². The molecule has 0 amide bonds. The van der Waals surface area contributed by atoms with Gasteiger partial charge in [0.1, 0.15) is 0 Å². The van der Waals surface area contributed by atoms with Crippen LogP contribution in [0.2, 0.25) is 0 Å². The summed E-state index contributed by atoms with van der Waals surface area (Å²) in [6.45, 7) is 0. The second kappa shape index (κ2) is 5.81.